The smallest absolute Gasteiger partial charge is 0.151 e. The molecular formula is C18H19N3O2S. The van der Waals surface area contributed by atoms with Crippen LogP contribution in [0.15, 0.2) is 46.3 Å². The number of ether oxygens (including phenoxy) is 1. The standard InChI is InChI=1S/C18H19N3O2S/c1-13-12-24-18(19-13)17-11-21(7-8-22-17)10-15-9-16(20-23-15)14-5-3-2-4-6-14/h2-6,9,12,17H,7-8,10-11H2,1H3. The number of hydrogen-bond acceptors (Lipinski definition) is 6. The zero-order valence-electron chi connectivity index (χ0n) is 13.5. The molecule has 1 unspecified atom stereocenters. The minimum absolute atomic E-state index is 0.0500. The van der Waals surface area contributed by atoms with Crippen LogP contribution >= 0.6 is 11.3 Å². The van der Waals surface area contributed by atoms with Gasteiger partial charge < -0.3 is 9.26 Å². The molecule has 0 spiro atoms. The van der Waals surface area contributed by atoms with Crippen molar-refractivity contribution in [3.8, 4) is 11.3 Å². The van der Waals surface area contributed by atoms with E-state index in [4.69, 9.17) is 9.26 Å². The third-order valence-electron chi connectivity index (χ3n) is 4.07. The molecular weight excluding hydrogens is 322 g/mol. The Kier molecular flexibility index (Phi) is 4.42. The highest BCUT2D eigenvalue weighted by atomic mass is 32.1. The zero-order chi connectivity index (χ0) is 16.4. The summed E-state index contributed by atoms with van der Waals surface area (Å²) in [6.07, 6.45) is 0.0500. The normalized spacial score (nSPS) is 18.8. The molecule has 124 valence electrons. The predicted molar refractivity (Wildman–Crippen MR) is 92.8 cm³/mol. The summed E-state index contributed by atoms with van der Waals surface area (Å²) in [5.74, 6) is 0.879. The molecule has 1 fully saturated rings. The molecule has 6 heteroatoms. The summed E-state index contributed by atoms with van der Waals surface area (Å²) in [7, 11) is 0. The molecule has 0 aliphatic carbocycles. The molecule has 1 saturated heterocycles. The number of aromatic nitrogens is 2. The van der Waals surface area contributed by atoms with E-state index in [0.29, 0.717) is 6.61 Å². The van der Waals surface area contributed by atoms with Crippen LogP contribution in [0.3, 0.4) is 0 Å². The van der Waals surface area contributed by atoms with Crippen LogP contribution < -0.4 is 0 Å². The lowest BCUT2D eigenvalue weighted by atomic mass is 10.1. The fourth-order valence-electron chi connectivity index (χ4n) is 2.87. The molecule has 0 N–H and O–H groups in total. The van der Waals surface area contributed by atoms with Crippen molar-refractivity contribution < 1.29 is 9.26 Å². The highest BCUT2D eigenvalue weighted by Gasteiger charge is 2.25. The molecule has 0 saturated carbocycles. The monoisotopic (exact) mass is 341 g/mol. The summed E-state index contributed by atoms with van der Waals surface area (Å²) in [4.78, 5) is 6.88. The van der Waals surface area contributed by atoms with Crippen LogP contribution in [0.5, 0.6) is 0 Å². The van der Waals surface area contributed by atoms with Crippen molar-refractivity contribution in [2.45, 2.75) is 19.6 Å². The molecule has 2 aromatic heterocycles. The Hall–Kier alpha value is -2.02. The van der Waals surface area contributed by atoms with Gasteiger partial charge in [-0.2, -0.15) is 0 Å². The van der Waals surface area contributed by atoms with Gasteiger partial charge in [0.1, 0.15) is 16.8 Å². The maximum absolute atomic E-state index is 5.88. The van der Waals surface area contributed by atoms with E-state index in [1.807, 2.05) is 43.3 Å². The summed E-state index contributed by atoms with van der Waals surface area (Å²) in [5.41, 5.74) is 3.01. The molecule has 1 atom stereocenters. The second kappa shape index (κ2) is 6.84. The molecule has 0 amide bonds. The third kappa shape index (κ3) is 3.40. The first-order valence-electron chi connectivity index (χ1n) is 8.05. The van der Waals surface area contributed by atoms with Crippen molar-refractivity contribution in [2.75, 3.05) is 19.7 Å². The Morgan fingerprint density at radius 1 is 1.29 bits per heavy atom. The molecule has 1 aliphatic rings. The van der Waals surface area contributed by atoms with Crippen LogP contribution in [-0.4, -0.2) is 34.7 Å². The van der Waals surface area contributed by atoms with Gasteiger partial charge in [0.25, 0.3) is 0 Å². The van der Waals surface area contributed by atoms with E-state index in [2.05, 4.69) is 20.4 Å². The van der Waals surface area contributed by atoms with E-state index in [9.17, 15) is 0 Å². The quantitative estimate of drug-likeness (QED) is 0.724. The fraction of sp³-hybridized carbons (Fsp3) is 0.333. The minimum atomic E-state index is 0.0500. The molecule has 0 bridgehead atoms. The molecule has 5 nitrogen and oxygen atoms in total. The zero-order valence-corrected chi connectivity index (χ0v) is 14.3. The Labute approximate surface area is 144 Å². The Bertz CT molecular complexity index is 799. The molecule has 4 rings (SSSR count). The van der Waals surface area contributed by atoms with Crippen LogP contribution in [0.4, 0.5) is 0 Å². The van der Waals surface area contributed by atoms with Crippen molar-refractivity contribution in [1.82, 2.24) is 15.0 Å². The summed E-state index contributed by atoms with van der Waals surface area (Å²) in [6, 6.07) is 12.1. The van der Waals surface area contributed by atoms with Gasteiger partial charge in [-0.1, -0.05) is 35.5 Å². The van der Waals surface area contributed by atoms with Crippen molar-refractivity contribution in [2.24, 2.45) is 0 Å². The van der Waals surface area contributed by atoms with E-state index in [-0.39, 0.29) is 6.10 Å². The van der Waals surface area contributed by atoms with Crippen molar-refractivity contribution in [1.29, 1.82) is 0 Å². The number of benzene rings is 1. The molecule has 0 radical (unpaired) electrons. The van der Waals surface area contributed by atoms with Crippen molar-refractivity contribution in [3.05, 3.63) is 58.2 Å². The highest BCUT2D eigenvalue weighted by Crippen LogP contribution is 2.26. The predicted octanol–water partition coefficient (Wildman–Crippen LogP) is 3.68. The minimum Gasteiger partial charge on any atom is -0.368 e. The number of hydrogen-bond donors (Lipinski definition) is 0. The number of rotatable bonds is 4. The van der Waals surface area contributed by atoms with E-state index in [1.165, 1.54) is 0 Å². The van der Waals surface area contributed by atoms with Gasteiger partial charge in [0.2, 0.25) is 0 Å². The maximum Gasteiger partial charge on any atom is 0.151 e. The lowest BCUT2D eigenvalue weighted by Gasteiger charge is -2.31. The molecule has 3 heterocycles. The Morgan fingerprint density at radius 3 is 2.96 bits per heavy atom. The molecule has 1 aromatic carbocycles. The number of aryl methyl sites for hydroxylation is 1. The van der Waals surface area contributed by atoms with Gasteiger partial charge in [-0.15, -0.1) is 11.3 Å². The van der Waals surface area contributed by atoms with Gasteiger partial charge >= 0.3 is 0 Å². The third-order valence-corrected chi connectivity index (χ3v) is 5.13. The van der Waals surface area contributed by atoms with Gasteiger partial charge in [0, 0.05) is 35.8 Å². The van der Waals surface area contributed by atoms with Gasteiger partial charge in [-0.3, -0.25) is 4.90 Å². The van der Waals surface area contributed by atoms with E-state index in [0.717, 1.165) is 47.4 Å². The first kappa shape index (κ1) is 15.5. The highest BCUT2D eigenvalue weighted by molar-refractivity contribution is 7.09. The average Bonchev–Trinajstić information content (AvgIpc) is 3.25. The number of nitrogens with zero attached hydrogens (tertiary/aromatic N) is 3. The van der Waals surface area contributed by atoms with Crippen molar-refractivity contribution in [3.63, 3.8) is 0 Å². The molecule has 1 aliphatic heterocycles. The van der Waals surface area contributed by atoms with Crippen LogP contribution in [0, 0.1) is 6.92 Å². The molecule has 24 heavy (non-hydrogen) atoms. The maximum atomic E-state index is 5.88. The van der Waals surface area contributed by atoms with E-state index < -0.39 is 0 Å². The largest absolute Gasteiger partial charge is 0.368 e. The second-order valence-electron chi connectivity index (χ2n) is 5.97. The fourth-order valence-corrected chi connectivity index (χ4v) is 3.70. The van der Waals surface area contributed by atoms with Gasteiger partial charge in [0.05, 0.1) is 13.2 Å². The SMILES string of the molecule is Cc1csc(C2CN(Cc3cc(-c4ccccc4)no3)CCO2)n1. The van der Waals surface area contributed by atoms with Crippen LogP contribution in [-0.2, 0) is 11.3 Å². The summed E-state index contributed by atoms with van der Waals surface area (Å²) in [5, 5.41) is 7.31. The first-order valence-corrected chi connectivity index (χ1v) is 8.93. The van der Waals surface area contributed by atoms with Gasteiger partial charge in [-0.25, -0.2) is 4.98 Å². The van der Waals surface area contributed by atoms with Gasteiger partial charge in [-0.05, 0) is 6.92 Å². The van der Waals surface area contributed by atoms with Gasteiger partial charge in [0.15, 0.2) is 5.76 Å². The second-order valence-corrected chi connectivity index (χ2v) is 6.86. The van der Waals surface area contributed by atoms with Crippen molar-refractivity contribution >= 4 is 11.3 Å². The molecule has 3 aromatic rings. The lowest BCUT2D eigenvalue weighted by Crippen LogP contribution is -2.37. The summed E-state index contributed by atoms with van der Waals surface area (Å²) < 4.78 is 11.4. The number of morpholine rings is 1. The number of thiazole rings is 1. The average molecular weight is 341 g/mol. The van der Waals surface area contributed by atoms with E-state index >= 15 is 0 Å². The summed E-state index contributed by atoms with van der Waals surface area (Å²) >= 11 is 1.67. The summed E-state index contributed by atoms with van der Waals surface area (Å²) in [6.45, 7) is 5.18. The first-order chi connectivity index (χ1) is 11.8. The van der Waals surface area contributed by atoms with E-state index in [1.54, 1.807) is 11.3 Å². The lowest BCUT2D eigenvalue weighted by molar-refractivity contribution is -0.0352. The Balaban J connectivity index is 1.43. The van der Waals surface area contributed by atoms with Crippen LogP contribution in [0.25, 0.3) is 11.3 Å². The van der Waals surface area contributed by atoms with Crippen LogP contribution in [0.1, 0.15) is 22.6 Å². The topological polar surface area (TPSA) is 51.4 Å². The Morgan fingerprint density at radius 2 is 2.17 bits per heavy atom. The van der Waals surface area contributed by atoms with Crippen LogP contribution in [0.2, 0.25) is 0 Å².